The van der Waals surface area contributed by atoms with Crippen LogP contribution in [0.3, 0.4) is 0 Å². The SMILES string of the molecule is Cl.N[C@@H]1CCC[C@H]1CC(=O)Nc1cccc2c1CCCC2. The average molecular weight is 309 g/mol. The maximum atomic E-state index is 12.2. The molecule has 1 fully saturated rings. The second-order valence-corrected chi connectivity index (χ2v) is 6.26. The minimum Gasteiger partial charge on any atom is -0.327 e. The molecule has 0 spiro atoms. The molecular formula is C17H25ClN2O. The van der Waals surface area contributed by atoms with Crippen molar-refractivity contribution in [1.82, 2.24) is 0 Å². The summed E-state index contributed by atoms with van der Waals surface area (Å²) in [7, 11) is 0. The van der Waals surface area contributed by atoms with Crippen molar-refractivity contribution in [3.05, 3.63) is 29.3 Å². The summed E-state index contributed by atoms with van der Waals surface area (Å²) in [5.74, 6) is 0.501. The number of amides is 1. The number of aryl methyl sites for hydroxylation is 1. The largest absolute Gasteiger partial charge is 0.327 e. The number of nitrogens with one attached hydrogen (secondary N) is 1. The van der Waals surface area contributed by atoms with Crippen molar-refractivity contribution >= 4 is 24.0 Å². The zero-order chi connectivity index (χ0) is 13.9. The van der Waals surface area contributed by atoms with E-state index in [0.717, 1.165) is 31.4 Å². The molecular weight excluding hydrogens is 284 g/mol. The fraction of sp³-hybridized carbons (Fsp3) is 0.588. The Morgan fingerprint density at radius 1 is 1.19 bits per heavy atom. The monoisotopic (exact) mass is 308 g/mol. The lowest BCUT2D eigenvalue weighted by Gasteiger charge is -2.20. The quantitative estimate of drug-likeness (QED) is 0.898. The molecule has 0 unspecified atom stereocenters. The molecule has 1 aromatic carbocycles. The third-order valence-corrected chi connectivity index (χ3v) is 4.84. The molecule has 0 aliphatic heterocycles. The molecule has 1 aromatic rings. The second-order valence-electron chi connectivity index (χ2n) is 6.26. The van der Waals surface area contributed by atoms with Crippen molar-refractivity contribution in [1.29, 1.82) is 0 Å². The zero-order valence-electron chi connectivity index (χ0n) is 12.4. The predicted octanol–water partition coefficient (Wildman–Crippen LogP) is 3.44. The summed E-state index contributed by atoms with van der Waals surface area (Å²) in [6.45, 7) is 0. The van der Waals surface area contributed by atoms with Crippen molar-refractivity contribution in [2.45, 2.75) is 57.4 Å². The van der Waals surface area contributed by atoms with Crippen molar-refractivity contribution in [3.63, 3.8) is 0 Å². The summed E-state index contributed by atoms with van der Waals surface area (Å²) in [6.07, 6.45) is 8.64. The van der Waals surface area contributed by atoms with Crippen LogP contribution in [-0.4, -0.2) is 11.9 Å². The van der Waals surface area contributed by atoms with Gasteiger partial charge >= 0.3 is 0 Å². The molecule has 0 heterocycles. The molecule has 0 aromatic heterocycles. The Bertz CT molecular complexity index is 504. The van der Waals surface area contributed by atoms with Gasteiger partial charge in [0, 0.05) is 18.2 Å². The van der Waals surface area contributed by atoms with Gasteiger partial charge in [0.25, 0.3) is 0 Å². The Kier molecular flexibility index (Phi) is 5.65. The van der Waals surface area contributed by atoms with Crippen molar-refractivity contribution < 1.29 is 4.79 Å². The highest BCUT2D eigenvalue weighted by atomic mass is 35.5. The minimum atomic E-state index is 0. The Balaban J connectivity index is 0.00000161. The van der Waals surface area contributed by atoms with Crippen molar-refractivity contribution in [2.75, 3.05) is 5.32 Å². The number of hydrogen-bond acceptors (Lipinski definition) is 2. The lowest BCUT2D eigenvalue weighted by Crippen LogP contribution is -2.28. The number of anilines is 1. The third kappa shape index (κ3) is 3.78. The highest BCUT2D eigenvalue weighted by molar-refractivity contribution is 5.92. The standard InChI is InChI=1S/C17H24N2O.ClH/c18-15-9-3-7-13(15)11-17(20)19-16-10-4-6-12-5-1-2-8-14(12)16;/h4,6,10,13,15H,1-3,5,7-9,11,18H2,(H,19,20);1H/t13-,15+;/m0./s1. The van der Waals surface area contributed by atoms with Crippen LogP contribution in [0.1, 0.15) is 49.7 Å². The normalized spacial score (nSPS) is 24.0. The summed E-state index contributed by atoms with van der Waals surface area (Å²) >= 11 is 0. The number of rotatable bonds is 3. The van der Waals surface area contributed by atoms with E-state index in [1.807, 2.05) is 6.07 Å². The van der Waals surface area contributed by atoms with Crippen LogP contribution in [0.5, 0.6) is 0 Å². The van der Waals surface area contributed by atoms with E-state index in [1.165, 1.54) is 30.4 Å². The smallest absolute Gasteiger partial charge is 0.224 e. The van der Waals surface area contributed by atoms with Gasteiger partial charge in [-0.25, -0.2) is 0 Å². The first kappa shape index (κ1) is 16.3. The van der Waals surface area contributed by atoms with Crippen LogP contribution in [-0.2, 0) is 17.6 Å². The van der Waals surface area contributed by atoms with E-state index in [1.54, 1.807) is 0 Å². The second kappa shape index (κ2) is 7.28. The van der Waals surface area contributed by atoms with E-state index >= 15 is 0 Å². The van der Waals surface area contributed by atoms with Crippen molar-refractivity contribution in [2.24, 2.45) is 11.7 Å². The Morgan fingerprint density at radius 3 is 2.76 bits per heavy atom. The molecule has 2 aliphatic carbocycles. The molecule has 3 rings (SSSR count). The number of halogens is 1. The number of carbonyl (C=O) groups is 1. The average Bonchev–Trinajstić information content (AvgIpc) is 2.85. The predicted molar refractivity (Wildman–Crippen MR) is 88.9 cm³/mol. The molecule has 0 saturated heterocycles. The Morgan fingerprint density at radius 2 is 2.00 bits per heavy atom. The van der Waals surface area contributed by atoms with Crippen LogP contribution in [0.25, 0.3) is 0 Å². The maximum Gasteiger partial charge on any atom is 0.224 e. The third-order valence-electron chi connectivity index (χ3n) is 4.84. The molecule has 1 saturated carbocycles. The summed E-state index contributed by atoms with van der Waals surface area (Å²) in [5.41, 5.74) is 9.84. The molecule has 4 heteroatoms. The van der Waals surface area contributed by atoms with E-state index in [2.05, 4.69) is 17.4 Å². The van der Waals surface area contributed by atoms with Crippen LogP contribution in [0.4, 0.5) is 5.69 Å². The van der Waals surface area contributed by atoms with Gasteiger partial charge < -0.3 is 11.1 Å². The molecule has 3 N–H and O–H groups in total. The van der Waals surface area contributed by atoms with Gasteiger partial charge in [0.1, 0.15) is 0 Å². The van der Waals surface area contributed by atoms with Gasteiger partial charge in [0.05, 0.1) is 0 Å². The van der Waals surface area contributed by atoms with Crippen LogP contribution in [0, 0.1) is 5.92 Å². The fourth-order valence-corrected chi connectivity index (χ4v) is 3.66. The van der Waals surface area contributed by atoms with Crippen LogP contribution >= 0.6 is 12.4 Å². The first-order chi connectivity index (χ1) is 9.74. The highest BCUT2D eigenvalue weighted by Crippen LogP contribution is 2.30. The number of fused-ring (bicyclic) bond motifs is 1. The lowest BCUT2D eigenvalue weighted by molar-refractivity contribution is -0.117. The Hall–Kier alpha value is -1.06. The molecule has 1 amide bonds. The molecule has 21 heavy (non-hydrogen) atoms. The lowest BCUT2D eigenvalue weighted by atomic mass is 9.90. The Labute approximate surface area is 133 Å². The molecule has 2 atom stereocenters. The van der Waals surface area contributed by atoms with Crippen LogP contribution in [0.2, 0.25) is 0 Å². The molecule has 2 aliphatic rings. The molecule has 116 valence electrons. The number of benzene rings is 1. The van der Waals surface area contributed by atoms with Gasteiger partial charge in [-0.3, -0.25) is 4.79 Å². The van der Waals surface area contributed by atoms with Gasteiger partial charge in [0.2, 0.25) is 5.91 Å². The molecule has 3 nitrogen and oxygen atoms in total. The van der Waals surface area contributed by atoms with Crippen LogP contribution in [0.15, 0.2) is 18.2 Å². The number of carbonyl (C=O) groups excluding carboxylic acids is 1. The first-order valence-corrected chi connectivity index (χ1v) is 7.90. The van der Waals surface area contributed by atoms with E-state index in [0.29, 0.717) is 12.3 Å². The van der Waals surface area contributed by atoms with E-state index in [9.17, 15) is 4.79 Å². The first-order valence-electron chi connectivity index (χ1n) is 7.90. The van der Waals surface area contributed by atoms with E-state index in [4.69, 9.17) is 5.73 Å². The van der Waals surface area contributed by atoms with E-state index < -0.39 is 0 Å². The number of hydrogen-bond donors (Lipinski definition) is 2. The summed E-state index contributed by atoms with van der Waals surface area (Å²) in [4.78, 5) is 12.2. The topological polar surface area (TPSA) is 55.1 Å². The minimum absolute atomic E-state index is 0. The summed E-state index contributed by atoms with van der Waals surface area (Å²) < 4.78 is 0. The van der Waals surface area contributed by atoms with Crippen LogP contribution < -0.4 is 11.1 Å². The molecule has 0 bridgehead atoms. The van der Waals surface area contributed by atoms with E-state index in [-0.39, 0.29) is 24.4 Å². The van der Waals surface area contributed by atoms with Gasteiger partial charge in [-0.2, -0.15) is 0 Å². The van der Waals surface area contributed by atoms with Crippen molar-refractivity contribution in [3.8, 4) is 0 Å². The van der Waals surface area contributed by atoms with Gasteiger partial charge in [0.15, 0.2) is 0 Å². The number of nitrogens with two attached hydrogens (primary N) is 1. The van der Waals surface area contributed by atoms with Gasteiger partial charge in [-0.1, -0.05) is 18.6 Å². The van der Waals surface area contributed by atoms with Gasteiger partial charge in [-0.05, 0) is 61.6 Å². The summed E-state index contributed by atoms with van der Waals surface area (Å²) in [5, 5.41) is 3.12. The summed E-state index contributed by atoms with van der Waals surface area (Å²) in [6, 6.07) is 6.50. The maximum absolute atomic E-state index is 12.2. The highest BCUT2D eigenvalue weighted by Gasteiger charge is 2.26. The fourth-order valence-electron chi connectivity index (χ4n) is 3.66. The molecule has 0 radical (unpaired) electrons. The zero-order valence-corrected chi connectivity index (χ0v) is 13.3. The van der Waals surface area contributed by atoms with Gasteiger partial charge in [-0.15, -0.1) is 12.4 Å².